The van der Waals surface area contributed by atoms with E-state index >= 15 is 0 Å². The minimum atomic E-state index is -0.572. The number of rotatable bonds is 5. The minimum absolute atomic E-state index is 0.0658. The fraction of sp³-hybridized carbons (Fsp3) is 0.500. The van der Waals surface area contributed by atoms with Gasteiger partial charge in [0.05, 0.1) is 6.61 Å². The molecule has 0 aliphatic carbocycles. The van der Waals surface area contributed by atoms with Crippen molar-refractivity contribution >= 4 is 5.69 Å². The van der Waals surface area contributed by atoms with Gasteiger partial charge in [0.2, 0.25) is 0 Å². The Morgan fingerprint density at radius 3 is 2.62 bits per heavy atom. The highest BCUT2D eigenvalue weighted by Crippen LogP contribution is 2.22. The van der Waals surface area contributed by atoms with Gasteiger partial charge in [-0.1, -0.05) is 13.0 Å². The molecule has 0 heterocycles. The van der Waals surface area contributed by atoms with Gasteiger partial charge < -0.3 is 10.1 Å². The molecule has 0 spiro atoms. The molecule has 90 valence electrons. The molecule has 0 bridgehead atoms. The molecule has 1 atom stereocenters. The Balaban J connectivity index is 2.90. The van der Waals surface area contributed by atoms with E-state index in [2.05, 4.69) is 5.32 Å². The van der Waals surface area contributed by atoms with Crippen LogP contribution < -0.4 is 5.32 Å². The van der Waals surface area contributed by atoms with Crippen molar-refractivity contribution in [3.8, 4) is 0 Å². The Morgan fingerprint density at radius 1 is 1.38 bits per heavy atom. The van der Waals surface area contributed by atoms with Crippen molar-refractivity contribution in [2.45, 2.75) is 26.3 Å². The van der Waals surface area contributed by atoms with E-state index in [9.17, 15) is 8.78 Å². The predicted octanol–water partition coefficient (Wildman–Crippen LogP) is 3.11. The highest BCUT2D eigenvalue weighted by atomic mass is 19.1. The molecule has 1 aromatic carbocycles. The van der Waals surface area contributed by atoms with Gasteiger partial charge in [-0.3, -0.25) is 0 Å². The summed E-state index contributed by atoms with van der Waals surface area (Å²) in [6.45, 7) is 3.96. The molecular formula is C12H17F2NO. The lowest BCUT2D eigenvalue weighted by atomic mass is 10.1. The first kappa shape index (κ1) is 12.9. The van der Waals surface area contributed by atoms with Crippen molar-refractivity contribution in [1.29, 1.82) is 0 Å². The number of aryl methyl sites for hydroxylation is 1. The summed E-state index contributed by atoms with van der Waals surface area (Å²) in [5, 5.41) is 2.83. The zero-order chi connectivity index (χ0) is 12.1. The Kier molecular flexibility index (Phi) is 4.68. The van der Waals surface area contributed by atoms with Crippen molar-refractivity contribution in [1.82, 2.24) is 0 Å². The van der Waals surface area contributed by atoms with Crippen LogP contribution in [0.3, 0.4) is 0 Å². The second-order valence-corrected chi connectivity index (χ2v) is 3.76. The van der Waals surface area contributed by atoms with Crippen LogP contribution in [-0.2, 0) is 4.74 Å². The first-order valence-electron chi connectivity index (χ1n) is 5.30. The van der Waals surface area contributed by atoms with Gasteiger partial charge in [-0.2, -0.15) is 0 Å². The number of methoxy groups -OCH3 is 1. The topological polar surface area (TPSA) is 21.3 Å². The normalized spacial score (nSPS) is 12.6. The minimum Gasteiger partial charge on any atom is -0.383 e. The smallest absolute Gasteiger partial charge is 0.152 e. The van der Waals surface area contributed by atoms with Crippen LogP contribution in [0.2, 0.25) is 0 Å². The van der Waals surface area contributed by atoms with Crippen LogP contribution in [0.25, 0.3) is 0 Å². The molecule has 0 saturated heterocycles. The van der Waals surface area contributed by atoms with Gasteiger partial charge in [0, 0.05) is 13.2 Å². The summed E-state index contributed by atoms with van der Waals surface area (Å²) < 4.78 is 32.0. The highest BCUT2D eigenvalue weighted by Gasteiger charge is 2.14. The number of anilines is 1. The first-order valence-corrected chi connectivity index (χ1v) is 5.30. The number of ether oxygens (including phenoxy) is 1. The van der Waals surface area contributed by atoms with Gasteiger partial charge in [0.15, 0.2) is 5.82 Å². The van der Waals surface area contributed by atoms with E-state index in [0.29, 0.717) is 12.2 Å². The number of halogens is 2. The molecule has 0 aliphatic heterocycles. The van der Waals surface area contributed by atoms with E-state index in [1.54, 1.807) is 14.0 Å². The number of benzene rings is 1. The number of nitrogens with one attached hydrogen (secondary N) is 1. The highest BCUT2D eigenvalue weighted by molar-refractivity contribution is 5.49. The van der Waals surface area contributed by atoms with Gasteiger partial charge in [0.1, 0.15) is 11.5 Å². The zero-order valence-electron chi connectivity index (χ0n) is 9.81. The monoisotopic (exact) mass is 229 g/mol. The quantitative estimate of drug-likeness (QED) is 0.837. The average Bonchev–Trinajstić information content (AvgIpc) is 2.28. The molecular weight excluding hydrogens is 212 g/mol. The number of hydrogen-bond acceptors (Lipinski definition) is 2. The second-order valence-electron chi connectivity index (χ2n) is 3.76. The Hall–Kier alpha value is -1.16. The molecule has 0 amide bonds. The summed E-state index contributed by atoms with van der Waals surface area (Å²) in [6, 6.07) is 2.60. The Labute approximate surface area is 94.6 Å². The van der Waals surface area contributed by atoms with Gasteiger partial charge in [-0.15, -0.1) is 0 Å². The van der Waals surface area contributed by atoms with Crippen molar-refractivity contribution in [2.75, 3.05) is 19.0 Å². The van der Waals surface area contributed by atoms with Gasteiger partial charge >= 0.3 is 0 Å². The van der Waals surface area contributed by atoms with E-state index in [-0.39, 0.29) is 11.7 Å². The third-order valence-electron chi connectivity index (χ3n) is 2.49. The molecule has 0 aromatic heterocycles. The fourth-order valence-corrected chi connectivity index (χ4v) is 1.46. The van der Waals surface area contributed by atoms with Crippen LogP contribution >= 0.6 is 0 Å². The molecule has 1 N–H and O–H groups in total. The summed E-state index contributed by atoms with van der Waals surface area (Å²) in [6.07, 6.45) is 0.737. The van der Waals surface area contributed by atoms with Gasteiger partial charge in [-0.25, -0.2) is 8.78 Å². The number of hydrogen-bond donors (Lipinski definition) is 1. The molecule has 0 fully saturated rings. The third kappa shape index (κ3) is 2.92. The molecule has 0 radical (unpaired) electrons. The largest absolute Gasteiger partial charge is 0.383 e. The van der Waals surface area contributed by atoms with E-state index in [1.165, 1.54) is 12.1 Å². The maximum atomic E-state index is 13.7. The zero-order valence-corrected chi connectivity index (χ0v) is 9.81. The molecule has 0 saturated carbocycles. The summed E-state index contributed by atoms with van der Waals surface area (Å²) in [4.78, 5) is 0. The molecule has 1 rings (SSSR count). The van der Waals surface area contributed by atoms with Crippen LogP contribution in [0.15, 0.2) is 12.1 Å². The van der Waals surface area contributed by atoms with Crippen molar-refractivity contribution in [2.24, 2.45) is 0 Å². The summed E-state index contributed by atoms with van der Waals surface area (Å²) >= 11 is 0. The Morgan fingerprint density at radius 2 is 2.06 bits per heavy atom. The lowest BCUT2D eigenvalue weighted by Gasteiger charge is -2.18. The molecule has 2 nitrogen and oxygen atoms in total. The van der Waals surface area contributed by atoms with Crippen molar-refractivity contribution in [3.05, 3.63) is 29.3 Å². The summed E-state index contributed by atoms with van der Waals surface area (Å²) in [5.74, 6) is -1.10. The third-order valence-corrected chi connectivity index (χ3v) is 2.49. The SMILES string of the molecule is CCC(COC)Nc1c(F)ccc(C)c1F. The van der Waals surface area contributed by atoms with E-state index in [1.807, 2.05) is 6.92 Å². The molecule has 1 aromatic rings. The standard InChI is InChI=1S/C12H17F2NO/c1-4-9(7-16-3)15-12-10(13)6-5-8(2)11(12)14/h5-6,9,15H,4,7H2,1-3H3. The van der Waals surface area contributed by atoms with Crippen LogP contribution in [-0.4, -0.2) is 19.8 Å². The van der Waals surface area contributed by atoms with Crippen LogP contribution in [0.1, 0.15) is 18.9 Å². The maximum absolute atomic E-state index is 13.7. The van der Waals surface area contributed by atoms with Crippen molar-refractivity contribution in [3.63, 3.8) is 0 Å². The predicted molar refractivity (Wildman–Crippen MR) is 60.7 cm³/mol. The van der Waals surface area contributed by atoms with Gasteiger partial charge in [0.25, 0.3) is 0 Å². The van der Waals surface area contributed by atoms with E-state index < -0.39 is 11.6 Å². The van der Waals surface area contributed by atoms with Crippen LogP contribution in [0, 0.1) is 18.6 Å². The summed E-state index contributed by atoms with van der Waals surface area (Å²) in [5.41, 5.74) is 0.361. The average molecular weight is 229 g/mol. The fourth-order valence-electron chi connectivity index (χ4n) is 1.46. The molecule has 4 heteroatoms. The first-order chi connectivity index (χ1) is 7.60. The lowest BCUT2D eigenvalue weighted by Crippen LogP contribution is -2.25. The second kappa shape index (κ2) is 5.80. The molecule has 16 heavy (non-hydrogen) atoms. The summed E-state index contributed by atoms with van der Waals surface area (Å²) in [7, 11) is 1.56. The van der Waals surface area contributed by atoms with E-state index in [4.69, 9.17) is 4.74 Å². The lowest BCUT2D eigenvalue weighted by molar-refractivity contribution is 0.184. The van der Waals surface area contributed by atoms with Crippen molar-refractivity contribution < 1.29 is 13.5 Å². The van der Waals surface area contributed by atoms with E-state index in [0.717, 1.165) is 6.42 Å². The van der Waals surface area contributed by atoms with Crippen LogP contribution in [0.4, 0.5) is 14.5 Å². The maximum Gasteiger partial charge on any atom is 0.152 e. The molecule has 1 unspecified atom stereocenters. The van der Waals surface area contributed by atoms with Crippen LogP contribution in [0.5, 0.6) is 0 Å². The Bertz CT molecular complexity index is 355. The van der Waals surface area contributed by atoms with Gasteiger partial charge in [-0.05, 0) is 25.0 Å². The molecule has 0 aliphatic rings.